The van der Waals surface area contributed by atoms with E-state index >= 15 is 0 Å². The summed E-state index contributed by atoms with van der Waals surface area (Å²) in [7, 11) is 1.57. The van der Waals surface area contributed by atoms with Gasteiger partial charge in [-0.2, -0.15) is 5.10 Å². The maximum absolute atomic E-state index is 12.8. The van der Waals surface area contributed by atoms with Crippen molar-refractivity contribution < 1.29 is 9.53 Å². The maximum atomic E-state index is 12.8. The fraction of sp³-hybridized carbons (Fsp3) is 0.471. The third-order valence-electron chi connectivity index (χ3n) is 5.18. The number of ether oxygens (including phenoxy) is 1. The molecule has 2 aliphatic rings. The number of nitrogens with zero attached hydrogens (tertiary/aromatic N) is 3. The zero-order valence-corrected chi connectivity index (χ0v) is 13.2. The third kappa shape index (κ3) is 2.29. The number of pyridine rings is 1. The van der Waals surface area contributed by atoms with Crippen molar-refractivity contribution in [2.24, 2.45) is 0 Å². The first kappa shape index (κ1) is 14.2. The van der Waals surface area contributed by atoms with Crippen molar-refractivity contribution in [3.8, 4) is 5.88 Å². The molecule has 1 aliphatic heterocycles. The zero-order chi connectivity index (χ0) is 15.9. The Balaban J connectivity index is 1.57. The first-order chi connectivity index (χ1) is 11.2. The van der Waals surface area contributed by atoms with Crippen molar-refractivity contribution in [2.45, 2.75) is 31.1 Å². The van der Waals surface area contributed by atoms with Crippen LogP contribution >= 0.6 is 0 Å². The lowest BCUT2D eigenvalue weighted by Gasteiger charge is -2.40. The van der Waals surface area contributed by atoms with Gasteiger partial charge in [-0.3, -0.25) is 9.89 Å². The molecule has 6 nitrogen and oxygen atoms in total. The van der Waals surface area contributed by atoms with Gasteiger partial charge in [0.25, 0.3) is 5.91 Å². The van der Waals surface area contributed by atoms with Crippen molar-refractivity contribution >= 4 is 5.91 Å². The molecule has 1 spiro atoms. The summed E-state index contributed by atoms with van der Waals surface area (Å²) in [5.41, 5.74) is 3.22. The molecule has 120 valence electrons. The SMILES string of the molecule is COc1ccc(C(=O)N2CCCC3(CCc4cn[nH]c43)C2)cn1. The standard InChI is InChI=1S/C17H20N4O2/c1-23-14-4-3-13(9-18-14)16(22)21-8-2-6-17(11-21)7-5-12-10-19-20-15(12)17/h3-4,9-10H,2,5-8,11H2,1H3,(H,19,20). The Morgan fingerprint density at radius 3 is 3.04 bits per heavy atom. The zero-order valence-electron chi connectivity index (χ0n) is 13.2. The van der Waals surface area contributed by atoms with E-state index < -0.39 is 0 Å². The molecular weight excluding hydrogens is 292 g/mol. The Labute approximate surface area is 134 Å². The second kappa shape index (κ2) is 5.37. The quantitative estimate of drug-likeness (QED) is 0.920. The molecule has 1 aliphatic carbocycles. The van der Waals surface area contributed by atoms with Crippen LogP contribution in [0, 0.1) is 0 Å². The van der Waals surface area contributed by atoms with Crippen molar-refractivity contribution in [2.75, 3.05) is 20.2 Å². The largest absolute Gasteiger partial charge is 0.481 e. The number of carbonyl (C=O) groups excluding carboxylic acids is 1. The predicted octanol–water partition coefficient (Wildman–Crippen LogP) is 1.93. The van der Waals surface area contributed by atoms with Crippen molar-refractivity contribution in [3.05, 3.63) is 41.3 Å². The lowest BCUT2D eigenvalue weighted by Crippen LogP contribution is -2.47. The Morgan fingerprint density at radius 2 is 2.26 bits per heavy atom. The Kier molecular flexibility index (Phi) is 3.32. The molecule has 4 rings (SSSR count). The summed E-state index contributed by atoms with van der Waals surface area (Å²) in [5, 5.41) is 7.36. The van der Waals surface area contributed by atoms with E-state index in [-0.39, 0.29) is 11.3 Å². The molecule has 3 heterocycles. The molecule has 2 aromatic rings. The normalized spacial score (nSPS) is 23.1. The number of aromatic nitrogens is 3. The second-order valence-electron chi connectivity index (χ2n) is 6.47. The summed E-state index contributed by atoms with van der Waals surface area (Å²) >= 11 is 0. The predicted molar refractivity (Wildman–Crippen MR) is 84.5 cm³/mol. The minimum Gasteiger partial charge on any atom is -0.481 e. The highest BCUT2D eigenvalue weighted by Crippen LogP contribution is 2.44. The lowest BCUT2D eigenvalue weighted by atomic mass is 9.77. The number of methoxy groups -OCH3 is 1. The van der Waals surface area contributed by atoms with E-state index in [0.717, 1.165) is 38.8 Å². The average Bonchev–Trinajstić information content (AvgIpc) is 3.20. The van der Waals surface area contributed by atoms with Crippen LogP contribution in [0.5, 0.6) is 5.88 Å². The molecule has 2 aromatic heterocycles. The lowest BCUT2D eigenvalue weighted by molar-refractivity contribution is 0.0632. The number of carbonyl (C=O) groups is 1. The second-order valence-corrected chi connectivity index (χ2v) is 6.47. The summed E-state index contributed by atoms with van der Waals surface area (Å²) in [5.74, 6) is 0.571. The fourth-order valence-electron chi connectivity index (χ4n) is 3.98. The molecule has 0 saturated carbocycles. The van der Waals surface area contributed by atoms with E-state index in [4.69, 9.17) is 4.74 Å². The fourth-order valence-corrected chi connectivity index (χ4v) is 3.98. The number of fused-ring (bicyclic) bond motifs is 2. The molecule has 0 bridgehead atoms. The molecule has 6 heteroatoms. The van der Waals surface area contributed by atoms with Crippen LogP contribution in [0.25, 0.3) is 0 Å². The van der Waals surface area contributed by atoms with Crippen molar-refractivity contribution in [1.82, 2.24) is 20.1 Å². The topological polar surface area (TPSA) is 71.1 Å². The van der Waals surface area contributed by atoms with Gasteiger partial charge < -0.3 is 9.64 Å². The number of nitrogens with one attached hydrogen (secondary N) is 1. The highest BCUT2D eigenvalue weighted by Gasteiger charge is 2.44. The number of hydrogen-bond donors (Lipinski definition) is 1. The summed E-state index contributed by atoms with van der Waals surface area (Å²) in [6.07, 6.45) is 7.82. The van der Waals surface area contributed by atoms with E-state index in [1.165, 1.54) is 11.3 Å². The Bertz CT molecular complexity index is 724. The number of hydrogen-bond acceptors (Lipinski definition) is 4. The van der Waals surface area contributed by atoms with Crippen LogP contribution in [0.15, 0.2) is 24.5 Å². The molecule has 1 amide bonds. The molecule has 1 unspecified atom stereocenters. The van der Waals surface area contributed by atoms with Crippen LogP contribution in [0.4, 0.5) is 0 Å². The van der Waals surface area contributed by atoms with Gasteiger partial charge in [0.15, 0.2) is 0 Å². The van der Waals surface area contributed by atoms with Gasteiger partial charge in [0.05, 0.1) is 18.9 Å². The van der Waals surface area contributed by atoms with E-state index in [9.17, 15) is 4.79 Å². The van der Waals surface area contributed by atoms with Crippen LogP contribution in [0.1, 0.15) is 40.9 Å². The highest BCUT2D eigenvalue weighted by atomic mass is 16.5. The molecule has 23 heavy (non-hydrogen) atoms. The molecule has 1 saturated heterocycles. The van der Waals surface area contributed by atoms with Crippen molar-refractivity contribution in [1.29, 1.82) is 0 Å². The van der Waals surface area contributed by atoms with Gasteiger partial charge in [0.2, 0.25) is 5.88 Å². The Hall–Kier alpha value is -2.37. The van der Waals surface area contributed by atoms with Gasteiger partial charge in [-0.25, -0.2) is 4.98 Å². The molecule has 0 radical (unpaired) electrons. The first-order valence-electron chi connectivity index (χ1n) is 8.04. The minimum atomic E-state index is 0.0483. The van der Waals surface area contributed by atoms with Gasteiger partial charge in [-0.1, -0.05) is 0 Å². The van der Waals surface area contributed by atoms with E-state index in [1.807, 2.05) is 11.1 Å². The van der Waals surface area contributed by atoms with Gasteiger partial charge in [-0.05, 0) is 37.3 Å². The molecule has 1 N–H and O–H groups in total. The van der Waals surface area contributed by atoms with Gasteiger partial charge in [0.1, 0.15) is 0 Å². The van der Waals surface area contributed by atoms with Crippen LogP contribution in [0.2, 0.25) is 0 Å². The summed E-state index contributed by atoms with van der Waals surface area (Å²) in [6, 6.07) is 3.52. The Morgan fingerprint density at radius 1 is 1.35 bits per heavy atom. The monoisotopic (exact) mass is 312 g/mol. The van der Waals surface area contributed by atoms with Crippen molar-refractivity contribution in [3.63, 3.8) is 0 Å². The summed E-state index contributed by atoms with van der Waals surface area (Å²) in [6.45, 7) is 1.56. The number of aryl methyl sites for hydroxylation is 1. The smallest absolute Gasteiger partial charge is 0.255 e. The third-order valence-corrected chi connectivity index (χ3v) is 5.18. The van der Waals surface area contributed by atoms with Crippen LogP contribution < -0.4 is 4.74 Å². The molecule has 0 aromatic carbocycles. The molecule has 1 atom stereocenters. The van der Waals surface area contributed by atoms with Crippen LogP contribution in [-0.2, 0) is 11.8 Å². The number of aromatic amines is 1. The number of H-pyrrole nitrogens is 1. The molecular formula is C17H20N4O2. The minimum absolute atomic E-state index is 0.0483. The number of rotatable bonds is 2. The van der Waals surface area contributed by atoms with E-state index in [0.29, 0.717) is 11.4 Å². The van der Waals surface area contributed by atoms with E-state index in [1.54, 1.807) is 25.4 Å². The first-order valence-corrected chi connectivity index (χ1v) is 8.04. The number of likely N-dealkylation sites (tertiary alicyclic amines) is 1. The summed E-state index contributed by atoms with van der Waals surface area (Å²) < 4.78 is 5.05. The molecule has 1 fully saturated rings. The van der Waals surface area contributed by atoms with Crippen LogP contribution in [0.3, 0.4) is 0 Å². The highest BCUT2D eigenvalue weighted by molar-refractivity contribution is 5.94. The number of amides is 1. The van der Waals surface area contributed by atoms with E-state index in [2.05, 4.69) is 15.2 Å². The maximum Gasteiger partial charge on any atom is 0.255 e. The van der Waals surface area contributed by atoms with Crippen LogP contribution in [-0.4, -0.2) is 46.2 Å². The number of piperidine rings is 1. The van der Waals surface area contributed by atoms with Gasteiger partial charge in [-0.15, -0.1) is 0 Å². The van der Waals surface area contributed by atoms with Gasteiger partial charge in [0, 0.05) is 36.5 Å². The van der Waals surface area contributed by atoms with Gasteiger partial charge >= 0.3 is 0 Å². The summed E-state index contributed by atoms with van der Waals surface area (Å²) in [4.78, 5) is 18.9. The average molecular weight is 312 g/mol.